The molecule has 0 aliphatic rings. The second-order valence-electron chi connectivity index (χ2n) is 6.73. The van der Waals surface area contributed by atoms with Gasteiger partial charge in [-0.25, -0.2) is 9.82 Å². The number of carbonyl (C=O) groups excluding carboxylic acids is 2. The Hall–Kier alpha value is -3.14. The third kappa shape index (κ3) is 6.93. The minimum absolute atomic E-state index is 0.165. The van der Waals surface area contributed by atoms with Gasteiger partial charge in [0.05, 0.1) is 22.8 Å². The zero-order valence-electron chi connectivity index (χ0n) is 17.6. The fourth-order valence-corrected chi connectivity index (χ4v) is 3.55. The van der Waals surface area contributed by atoms with Crippen LogP contribution in [0.5, 0.6) is 11.5 Å². The van der Waals surface area contributed by atoms with Crippen molar-refractivity contribution in [1.82, 2.24) is 5.43 Å². The van der Waals surface area contributed by atoms with E-state index in [1.165, 1.54) is 25.5 Å². The zero-order valence-corrected chi connectivity index (χ0v) is 20.7. The zero-order chi connectivity index (χ0) is 24.7. The van der Waals surface area contributed by atoms with Gasteiger partial charge in [-0.3, -0.25) is 9.59 Å². The van der Waals surface area contributed by atoms with Crippen LogP contribution in [0.3, 0.4) is 0 Å². The van der Waals surface area contributed by atoms with Crippen molar-refractivity contribution in [2.24, 2.45) is 5.10 Å². The van der Waals surface area contributed by atoms with Crippen LogP contribution in [0.2, 0.25) is 10.0 Å². The van der Waals surface area contributed by atoms with Crippen LogP contribution in [0.15, 0.2) is 64.2 Å². The smallest absolute Gasteiger partial charge is 0.329 e. The van der Waals surface area contributed by atoms with E-state index in [1.54, 1.807) is 24.3 Å². The number of ether oxygens (including phenoxy) is 2. The van der Waals surface area contributed by atoms with Gasteiger partial charge in [0.25, 0.3) is 0 Å². The summed E-state index contributed by atoms with van der Waals surface area (Å²) in [5.74, 6) is -1.75. The molecule has 0 saturated carbocycles. The number of rotatable bonds is 7. The van der Waals surface area contributed by atoms with E-state index in [4.69, 9.17) is 32.7 Å². The molecule has 0 spiro atoms. The highest BCUT2D eigenvalue weighted by atomic mass is 79.9. The molecular formula is C23H17BrCl2FN3O4. The van der Waals surface area contributed by atoms with Crippen LogP contribution in [0.4, 0.5) is 10.1 Å². The van der Waals surface area contributed by atoms with Gasteiger partial charge in [0, 0.05) is 10.7 Å². The first-order valence-electron chi connectivity index (χ1n) is 9.61. The molecule has 0 aromatic heterocycles. The molecule has 0 aliphatic carbocycles. The topological polar surface area (TPSA) is 89.0 Å². The molecule has 7 nitrogen and oxygen atoms in total. The van der Waals surface area contributed by atoms with E-state index in [-0.39, 0.29) is 10.7 Å². The highest BCUT2D eigenvalue weighted by Gasteiger charge is 2.15. The van der Waals surface area contributed by atoms with Crippen molar-refractivity contribution in [2.75, 3.05) is 12.4 Å². The van der Waals surface area contributed by atoms with Crippen LogP contribution >= 0.6 is 39.1 Å². The van der Waals surface area contributed by atoms with Gasteiger partial charge in [0.1, 0.15) is 12.4 Å². The van der Waals surface area contributed by atoms with Crippen LogP contribution in [0, 0.1) is 5.82 Å². The van der Waals surface area contributed by atoms with Gasteiger partial charge < -0.3 is 14.8 Å². The molecule has 0 aliphatic heterocycles. The minimum atomic E-state index is -1.02. The van der Waals surface area contributed by atoms with Gasteiger partial charge in [0.2, 0.25) is 0 Å². The van der Waals surface area contributed by atoms with Crippen molar-refractivity contribution in [1.29, 1.82) is 0 Å². The molecule has 2 N–H and O–H groups in total. The second kappa shape index (κ2) is 11.8. The Morgan fingerprint density at radius 2 is 1.82 bits per heavy atom. The maximum absolute atomic E-state index is 13.2. The molecule has 11 heteroatoms. The molecule has 0 bridgehead atoms. The molecule has 176 valence electrons. The Morgan fingerprint density at radius 1 is 1.09 bits per heavy atom. The van der Waals surface area contributed by atoms with E-state index in [2.05, 4.69) is 31.8 Å². The van der Waals surface area contributed by atoms with E-state index in [1.807, 2.05) is 12.1 Å². The Kier molecular flexibility index (Phi) is 8.86. The number of hydrazone groups is 1. The molecule has 0 heterocycles. The number of anilines is 1. The lowest BCUT2D eigenvalue weighted by atomic mass is 10.2. The second-order valence-corrected chi connectivity index (χ2v) is 8.43. The Labute approximate surface area is 213 Å². The highest BCUT2D eigenvalue weighted by molar-refractivity contribution is 9.10. The van der Waals surface area contributed by atoms with Crippen molar-refractivity contribution >= 4 is 62.8 Å². The summed E-state index contributed by atoms with van der Waals surface area (Å²) in [6, 6.07) is 14.1. The predicted molar refractivity (Wildman–Crippen MR) is 132 cm³/mol. The molecule has 2 amide bonds. The number of nitrogens with one attached hydrogen (secondary N) is 2. The first kappa shape index (κ1) is 25.5. The minimum Gasteiger partial charge on any atom is -0.493 e. The van der Waals surface area contributed by atoms with Gasteiger partial charge in [-0.2, -0.15) is 5.10 Å². The fraction of sp³-hybridized carbons (Fsp3) is 0.0870. The number of halogens is 4. The summed E-state index contributed by atoms with van der Waals surface area (Å²) in [5, 5.41) is 6.53. The van der Waals surface area contributed by atoms with E-state index in [0.29, 0.717) is 33.2 Å². The lowest BCUT2D eigenvalue weighted by Crippen LogP contribution is -2.32. The molecule has 0 fully saturated rings. The van der Waals surface area contributed by atoms with Crippen LogP contribution in [0.25, 0.3) is 0 Å². The lowest BCUT2D eigenvalue weighted by molar-refractivity contribution is -0.136. The summed E-state index contributed by atoms with van der Waals surface area (Å²) in [7, 11) is 1.49. The number of benzene rings is 3. The SMILES string of the molecule is COc1cc(/C=N/NC(=O)C(=O)Nc2ccc(F)c(Cl)c2)cc(Br)c1OCc1ccc(Cl)cc1. The Balaban J connectivity index is 1.61. The van der Waals surface area contributed by atoms with Crippen LogP contribution in [-0.4, -0.2) is 25.1 Å². The molecule has 34 heavy (non-hydrogen) atoms. The maximum atomic E-state index is 13.2. The third-order valence-corrected chi connectivity index (χ3v) is 5.44. The number of methoxy groups -OCH3 is 1. The van der Waals surface area contributed by atoms with Crippen molar-refractivity contribution in [3.8, 4) is 11.5 Å². The van der Waals surface area contributed by atoms with E-state index < -0.39 is 17.6 Å². The largest absolute Gasteiger partial charge is 0.493 e. The number of hydrogen-bond donors (Lipinski definition) is 2. The van der Waals surface area contributed by atoms with Crippen molar-refractivity contribution in [3.63, 3.8) is 0 Å². The van der Waals surface area contributed by atoms with Crippen LogP contribution in [-0.2, 0) is 16.2 Å². The molecule has 0 radical (unpaired) electrons. The van der Waals surface area contributed by atoms with Gasteiger partial charge in [-0.1, -0.05) is 35.3 Å². The molecule has 0 saturated heterocycles. The number of amides is 2. The monoisotopic (exact) mass is 567 g/mol. The fourth-order valence-electron chi connectivity index (χ4n) is 2.67. The summed E-state index contributed by atoms with van der Waals surface area (Å²) in [4.78, 5) is 23.9. The van der Waals surface area contributed by atoms with Crippen LogP contribution in [0.1, 0.15) is 11.1 Å². The van der Waals surface area contributed by atoms with Gasteiger partial charge in [0.15, 0.2) is 11.5 Å². The van der Waals surface area contributed by atoms with Crippen molar-refractivity contribution < 1.29 is 23.5 Å². The average Bonchev–Trinajstić information content (AvgIpc) is 2.81. The number of carbonyl (C=O) groups is 2. The van der Waals surface area contributed by atoms with E-state index in [0.717, 1.165) is 11.6 Å². The van der Waals surface area contributed by atoms with Gasteiger partial charge in [-0.15, -0.1) is 0 Å². The normalized spacial score (nSPS) is 10.7. The lowest BCUT2D eigenvalue weighted by Gasteiger charge is -2.13. The molecular weight excluding hydrogens is 552 g/mol. The molecule has 0 atom stereocenters. The molecule has 3 aromatic rings. The van der Waals surface area contributed by atoms with Gasteiger partial charge in [-0.05, 0) is 69.5 Å². The van der Waals surface area contributed by atoms with Gasteiger partial charge >= 0.3 is 11.8 Å². The predicted octanol–water partition coefficient (Wildman–Crippen LogP) is 5.57. The standard InChI is InChI=1S/C23H17BrCl2FN3O4/c1-33-20-9-14(8-17(24)21(20)34-12-13-2-4-15(25)5-3-13)11-28-30-23(32)22(31)29-16-6-7-19(27)18(26)10-16/h2-11H,12H2,1H3,(H,29,31)(H,30,32)/b28-11+. The van der Waals surface area contributed by atoms with Crippen molar-refractivity contribution in [3.05, 3.63) is 86.1 Å². The van der Waals surface area contributed by atoms with E-state index >= 15 is 0 Å². The highest BCUT2D eigenvalue weighted by Crippen LogP contribution is 2.37. The van der Waals surface area contributed by atoms with E-state index in [9.17, 15) is 14.0 Å². The maximum Gasteiger partial charge on any atom is 0.329 e. The molecule has 3 rings (SSSR count). The molecule has 0 unspecified atom stereocenters. The summed E-state index contributed by atoms with van der Waals surface area (Å²) < 4.78 is 25.1. The Morgan fingerprint density at radius 3 is 2.50 bits per heavy atom. The third-order valence-electron chi connectivity index (χ3n) is 4.31. The summed E-state index contributed by atoms with van der Waals surface area (Å²) in [5.41, 5.74) is 3.77. The average molecular weight is 569 g/mol. The summed E-state index contributed by atoms with van der Waals surface area (Å²) in [6.07, 6.45) is 1.33. The van der Waals surface area contributed by atoms with Crippen LogP contribution < -0.4 is 20.2 Å². The number of nitrogens with zero attached hydrogens (tertiary/aromatic N) is 1. The summed E-state index contributed by atoms with van der Waals surface area (Å²) >= 11 is 15.0. The first-order valence-corrected chi connectivity index (χ1v) is 11.2. The quantitative estimate of drug-likeness (QED) is 0.221. The first-order chi connectivity index (χ1) is 16.3. The summed E-state index contributed by atoms with van der Waals surface area (Å²) in [6.45, 7) is 0.296. The Bertz CT molecular complexity index is 1240. The molecule has 3 aromatic carbocycles. The van der Waals surface area contributed by atoms with Crippen molar-refractivity contribution in [2.45, 2.75) is 6.61 Å². The number of hydrogen-bond acceptors (Lipinski definition) is 5.